The molecule has 0 saturated heterocycles. The smallest absolute Gasteiger partial charge is 0.264 e. The number of anilines is 1. The Hall–Kier alpha value is -4.34. The lowest BCUT2D eigenvalue weighted by atomic mass is 10.0. The average molecular weight is 662 g/mol. The van der Waals surface area contributed by atoms with Crippen LogP contribution in [0.15, 0.2) is 108 Å². The molecule has 0 heterocycles. The van der Waals surface area contributed by atoms with Gasteiger partial charge in [0, 0.05) is 24.0 Å². The average Bonchev–Trinajstić information content (AvgIpc) is 3.06. The molecule has 2 amide bonds. The fraction of sp³-hybridized carbons (Fsp3) is 0.278. The number of nitrogens with zero attached hydrogens (tertiary/aromatic N) is 2. The standard InChI is InChI=1S/C36H40ClN3O5S/c1-5-27(3)38-36(42)34(23-28-11-7-6-8-12-28)39(24-29-13-9-10-26(2)22-29)35(41)25-40(31-16-14-30(37)15-17-31)46(43,44)33-20-18-32(45-4)19-21-33/h6-22,27,34H,5,23-25H2,1-4H3,(H,38,42)/t27-,34-/m1/s1. The van der Waals surface area contributed by atoms with Gasteiger partial charge in [-0.2, -0.15) is 0 Å². The minimum Gasteiger partial charge on any atom is -0.497 e. The minimum atomic E-state index is -4.24. The molecular weight excluding hydrogens is 622 g/mol. The molecule has 4 aromatic rings. The van der Waals surface area contributed by atoms with Crippen molar-refractivity contribution in [2.45, 2.75) is 57.1 Å². The lowest BCUT2D eigenvalue weighted by molar-refractivity contribution is -0.140. The number of hydrogen-bond donors (Lipinski definition) is 1. The van der Waals surface area contributed by atoms with E-state index in [1.807, 2.05) is 75.4 Å². The lowest BCUT2D eigenvalue weighted by Gasteiger charge is -2.34. The molecular formula is C36H40ClN3O5S. The van der Waals surface area contributed by atoms with Gasteiger partial charge in [0.2, 0.25) is 11.8 Å². The molecule has 0 aromatic heterocycles. The third-order valence-corrected chi connectivity index (χ3v) is 9.79. The largest absolute Gasteiger partial charge is 0.497 e. The summed E-state index contributed by atoms with van der Waals surface area (Å²) in [7, 11) is -2.75. The monoisotopic (exact) mass is 661 g/mol. The van der Waals surface area contributed by atoms with Gasteiger partial charge in [0.25, 0.3) is 10.0 Å². The van der Waals surface area contributed by atoms with Crippen molar-refractivity contribution in [1.82, 2.24) is 10.2 Å². The Kier molecular flexibility index (Phi) is 11.8. The fourth-order valence-corrected chi connectivity index (χ4v) is 6.55. The first-order chi connectivity index (χ1) is 22.0. The van der Waals surface area contributed by atoms with E-state index in [-0.39, 0.29) is 35.5 Å². The highest BCUT2D eigenvalue weighted by molar-refractivity contribution is 7.92. The minimum absolute atomic E-state index is 0.0170. The van der Waals surface area contributed by atoms with Crippen LogP contribution in [0.5, 0.6) is 5.75 Å². The maximum atomic E-state index is 14.5. The van der Waals surface area contributed by atoms with Crippen LogP contribution < -0.4 is 14.4 Å². The molecule has 0 aliphatic carbocycles. The number of hydrogen-bond acceptors (Lipinski definition) is 5. The molecule has 0 bridgehead atoms. The van der Waals surface area contributed by atoms with Gasteiger partial charge in [-0.3, -0.25) is 13.9 Å². The Morgan fingerprint density at radius 3 is 2.15 bits per heavy atom. The normalized spacial score (nSPS) is 12.5. The van der Waals surface area contributed by atoms with E-state index in [2.05, 4.69) is 5.32 Å². The first-order valence-electron chi connectivity index (χ1n) is 15.1. The quantitative estimate of drug-likeness (QED) is 0.169. The number of aryl methyl sites for hydroxylation is 1. The van der Waals surface area contributed by atoms with E-state index in [4.69, 9.17) is 16.3 Å². The lowest BCUT2D eigenvalue weighted by Crippen LogP contribution is -2.54. The zero-order valence-corrected chi connectivity index (χ0v) is 28.1. The number of rotatable bonds is 14. The van der Waals surface area contributed by atoms with Crippen LogP contribution in [-0.4, -0.2) is 50.9 Å². The zero-order valence-electron chi connectivity index (χ0n) is 26.5. The summed E-state index contributed by atoms with van der Waals surface area (Å²) in [6, 6.07) is 28.4. The Morgan fingerprint density at radius 2 is 1.54 bits per heavy atom. The van der Waals surface area contributed by atoms with Gasteiger partial charge in [0.15, 0.2) is 0 Å². The summed E-state index contributed by atoms with van der Waals surface area (Å²) in [5.74, 6) is -0.350. The molecule has 4 aromatic carbocycles. The van der Waals surface area contributed by atoms with E-state index in [1.165, 1.54) is 24.1 Å². The number of benzene rings is 4. The van der Waals surface area contributed by atoms with Crippen LogP contribution in [0.2, 0.25) is 5.02 Å². The molecule has 0 fully saturated rings. The van der Waals surface area contributed by atoms with Crippen LogP contribution in [0.1, 0.15) is 37.0 Å². The van der Waals surface area contributed by atoms with Gasteiger partial charge < -0.3 is 15.0 Å². The molecule has 46 heavy (non-hydrogen) atoms. The topological polar surface area (TPSA) is 96.0 Å². The van der Waals surface area contributed by atoms with E-state index in [9.17, 15) is 18.0 Å². The molecule has 2 atom stereocenters. The van der Waals surface area contributed by atoms with E-state index < -0.39 is 28.5 Å². The van der Waals surface area contributed by atoms with Gasteiger partial charge in [0.05, 0.1) is 17.7 Å². The van der Waals surface area contributed by atoms with Crippen molar-refractivity contribution in [2.75, 3.05) is 18.0 Å². The molecule has 0 saturated carbocycles. The van der Waals surface area contributed by atoms with Crippen LogP contribution in [0.25, 0.3) is 0 Å². The van der Waals surface area contributed by atoms with Gasteiger partial charge >= 0.3 is 0 Å². The molecule has 0 aliphatic heterocycles. The van der Waals surface area contributed by atoms with Crippen molar-refractivity contribution in [3.63, 3.8) is 0 Å². The van der Waals surface area contributed by atoms with Gasteiger partial charge in [-0.05, 0) is 79.9 Å². The van der Waals surface area contributed by atoms with E-state index >= 15 is 0 Å². The van der Waals surface area contributed by atoms with Crippen LogP contribution in [0.4, 0.5) is 5.69 Å². The summed E-state index contributed by atoms with van der Waals surface area (Å²) in [5, 5.41) is 3.47. The summed E-state index contributed by atoms with van der Waals surface area (Å²) in [4.78, 5) is 30.0. The first kappa shape index (κ1) is 34.5. The predicted octanol–water partition coefficient (Wildman–Crippen LogP) is 6.41. The second kappa shape index (κ2) is 15.8. The van der Waals surface area contributed by atoms with Crippen LogP contribution >= 0.6 is 11.6 Å². The van der Waals surface area contributed by atoms with Crippen LogP contribution in [0.3, 0.4) is 0 Å². The van der Waals surface area contributed by atoms with Gasteiger partial charge in [-0.15, -0.1) is 0 Å². The Balaban J connectivity index is 1.80. The molecule has 0 spiro atoms. The summed E-state index contributed by atoms with van der Waals surface area (Å²) in [6.45, 7) is 5.39. The van der Waals surface area contributed by atoms with Crippen molar-refractivity contribution >= 4 is 39.1 Å². The Morgan fingerprint density at radius 1 is 0.891 bits per heavy atom. The van der Waals surface area contributed by atoms with Crippen LogP contribution in [0, 0.1) is 6.92 Å². The third-order valence-electron chi connectivity index (χ3n) is 7.75. The van der Waals surface area contributed by atoms with E-state index in [0.717, 1.165) is 21.0 Å². The highest BCUT2D eigenvalue weighted by Crippen LogP contribution is 2.27. The second-order valence-electron chi connectivity index (χ2n) is 11.2. The Bertz CT molecular complexity index is 1720. The number of amides is 2. The van der Waals surface area contributed by atoms with Gasteiger partial charge in [-0.25, -0.2) is 8.42 Å². The summed E-state index contributed by atoms with van der Waals surface area (Å²) in [6.07, 6.45) is 0.951. The number of carbonyl (C=O) groups is 2. The maximum absolute atomic E-state index is 14.5. The Labute approximate surface area is 277 Å². The maximum Gasteiger partial charge on any atom is 0.264 e. The molecule has 0 radical (unpaired) electrons. The van der Waals surface area contributed by atoms with Gasteiger partial charge in [-0.1, -0.05) is 78.7 Å². The van der Waals surface area contributed by atoms with Crippen molar-refractivity contribution in [3.05, 3.63) is 125 Å². The van der Waals surface area contributed by atoms with E-state index in [1.54, 1.807) is 36.4 Å². The van der Waals surface area contributed by atoms with Gasteiger partial charge in [0.1, 0.15) is 18.3 Å². The van der Waals surface area contributed by atoms with E-state index in [0.29, 0.717) is 17.2 Å². The molecule has 10 heteroatoms. The van der Waals surface area contributed by atoms with Crippen molar-refractivity contribution in [3.8, 4) is 5.75 Å². The second-order valence-corrected chi connectivity index (χ2v) is 13.5. The number of sulfonamides is 1. The summed E-state index contributed by atoms with van der Waals surface area (Å²) < 4.78 is 34.6. The highest BCUT2D eigenvalue weighted by atomic mass is 35.5. The molecule has 1 N–H and O–H groups in total. The summed E-state index contributed by atoms with van der Waals surface area (Å²) in [5.41, 5.74) is 2.94. The molecule has 0 aliphatic rings. The number of halogens is 1. The van der Waals surface area contributed by atoms with Crippen molar-refractivity contribution in [2.24, 2.45) is 0 Å². The molecule has 0 unspecified atom stereocenters. The summed E-state index contributed by atoms with van der Waals surface area (Å²) >= 11 is 6.15. The molecule has 242 valence electrons. The zero-order chi connectivity index (χ0) is 33.3. The molecule has 8 nitrogen and oxygen atoms in total. The number of ether oxygens (including phenoxy) is 1. The predicted molar refractivity (Wildman–Crippen MR) is 183 cm³/mol. The van der Waals surface area contributed by atoms with Crippen molar-refractivity contribution in [1.29, 1.82) is 0 Å². The number of carbonyl (C=O) groups excluding carboxylic acids is 2. The van der Waals surface area contributed by atoms with Crippen LogP contribution in [-0.2, 0) is 32.6 Å². The molecule has 4 rings (SSSR count). The van der Waals surface area contributed by atoms with Crippen molar-refractivity contribution < 1.29 is 22.7 Å². The number of methoxy groups -OCH3 is 1. The highest BCUT2D eigenvalue weighted by Gasteiger charge is 2.35. The number of nitrogens with one attached hydrogen (secondary N) is 1. The first-order valence-corrected chi connectivity index (χ1v) is 16.9. The SMILES string of the molecule is CC[C@@H](C)NC(=O)[C@@H](Cc1ccccc1)N(Cc1cccc(C)c1)C(=O)CN(c1ccc(Cl)cc1)S(=O)(=O)c1ccc(OC)cc1. The third kappa shape index (κ3) is 8.89. The fourth-order valence-electron chi connectivity index (χ4n) is 5.01.